The highest BCUT2D eigenvalue weighted by atomic mass is 16.5. The third-order valence-electron chi connectivity index (χ3n) is 3.44. The molecule has 0 bridgehead atoms. The van der Waals surface area contributed by atoms with E-state index in [2.05, 4.69) is 10.5 Å². The van der Waals surface area contributed by atoms with E-state index >= 15 is 0 Å². The van der Waals surface area contributed by atoms with Crippen LogP contribution >= 0.6 is 0 Å². The van der Waals surface area contributed by atoms with E-state index in [4.69, 9.17) is 10.3 Å². The number of nitrogens with two attached hydrogens (primary N) is 1. The van der Waals surface area contributed by atoms with Gasteiger partial charge in [0.1, 0.15) is 5.76 Å². The lowest BCUT2D eigenvalue weighted by molar-refractivity contribution is -0.124. The van der Waals surface area contributed by atoms with Crippen LogP contribution in [0.15, 0.2) is 4.52 Å². The van der Waals surface area contributed by atoms with E-state index in [1.807, 2.05) is 34.6 Å². The second kappa shape index (κ2) is 6.00. The molecular weight excluding hydrogens is 230 g/mol. The van der Waals surface area contributed by atoms with Crippen molar-refractivity contribution in [3.63, 3.8) is 0 Å². The highest BCUT2D eigenvalue weighted by Crippen LogP contribution is 2.21. The second-order valence-corrected chi connectivity index (χ2v) is 4.88. The minimum Gasteiger partial charge on any atom is -0.361 e. The molecule has 1 aromatic heterocycles. The van der Waals surface area contributed by atoms with Crippen molar-refractivity contribution in [2.45, 2.75) is 53.1 Å². The molecule has 102 valence electrons. The topological polar surface area (TPSA) is 81.2 Å². The zero-order valence-corrected chi connectivity index (χ0v) is 11.8. The number of rotatable bonds is 5. The Bertz CT molecular complexity index is 395. The molecule has 3 atom stereocenters. The smallest absolute Gasteiger partial charge is 0.237 e. The van der Waals surface area contributed by atoms with E-state index in [1.165, 1.54) is 0 Å². The summed E-state index contributed by atoms with van der Waals surface area (Å²) in [6.45, 7) is 9.61. The maximum absolute atomic E-state index is 12.0. The summed E-state index contributed by atoms with van der Waals surface area (Å²) in [7, 11) is 0. The second-order valence-electron chi connectivity index (χ2n) is 4.88. The largest absolute Gasteiger partial charge is 0.361 e. The molecule has 0 aromatic carbocycles. The first-order valence-electron chi connectivity index (χ1n) is 6.37. The summed E-state index contributed by atoms with van der Waals surface area (Å²) in [5.41, 5.74) is 7.63. The first kappa shape index (κ1) is 14.7. The minimum absolute atomic E-state index is 0.128. The summed E-state index contributed by atoms with van der Waals surface area (Å²) in [5.74, 6) is 0.774. The van der Waals surface area contributed by atoms with Crippen molar-refractivity contribution >= 4 is 5.91 Å². The van der Waals surface area contributed by atoms with Crippen LogP contribution in [0.25, 0.3) is 0 Å². The first-order chi connectivity index (χ1) is 8.38. The number of amides is 1. The quantitative estimate of drug-likeness (QED) is 0.839. The number of nitrogens with zero attached hydrogens (tertiary/aromatic N) is 1. The standard InChI is InChI=1S/C13H23N3O2/c1-6-7(2)12(14)13(17)15-8(3)11-9(4)16-18-10(11)5/h7-8,12H,6,14H2,1-5H3,(H,15,17)/t7-,8?,12-/m0/s1. The van der Waals surface area contributed by atoms with Gasteiger partial charge in [-0.1, -0.05) is 25.4 Å². The molecular formula is C13H23N3O2. The van der Waals surface area contributed by atoms with Crippen LogP contribution in [0.1, 0.15) is 50.3 Å². The van der Waals surface area contributed by atoms with Gasteiger partial charge in [-0.3, -0.25) is 4.79 Å². The molecule has 0 saturated heterocycles. The van der Waals surface area contributed by atoms with Crippen LogP contribution in [0.2, 0.25) is 0 Å². The highest BCUT2D eigenvalue weighted by Gasteiger charge is 2.23. The van der Waals surface area contributed by atoms with Gasteiger partial charge in [-0.15, -0.1) is 0 Å². The van der Waals surface area contributed by atoms with E-state index in [0.717, 1.165) is 23.4 Å². The molecule has 0 fully saturated rings. The molecule has 18 heavy (non-hydrogen) atoms. The third kappa shape index (κ3) is 3.10. The molecule has 5 nitrogen and oxygen atoms in total. The lowest BCUT2D eigenvalue weighted by Gasteiger charge is -2.21. The summed E-state index contributed by atoms with van der Waals surface area (Å²) in [6, 6.07) is -0.614. The SMILES string of the molecule is CC[C@H](C)[C@H](N)C(=O)NC(C)c1c(C)noc1C. The van der Waals surface area contributed by atoms with E-state index in [0.29, 0.717) is 0 Å². The summed E-state index contributed by atoms with van der Waals surface area (Å²) in [5, 5.41) is 6.80. The molecule has 0 radical (unpaired) electrons. The molecule has 0 spiro atoms. The molecule has 1 unspecified atom stereocenters. The van der Waals surface area contributed by atoms with Gasteiger partial charge in [0.2, 0.25) is 5.91 Å². The van der Waals surface area contributed by atoms with Crippen molar-refractivity contribution in [2.75, 3.05) is 0 Å². The van der Waals surface area contributed by atoms with Crippen molar-refractivity contribution in [1.29, 1.82) is 0 Å². The van der Waals surface area contributed by atoms with Crippen molar-refractivity contribution in [1.82, 2.24) is 10.5 Å². The molecule has 0 aliphatic heterocycles. The van der Waals surface area contributed by atoms with Crippen LogP contribution in [0, 0.1) is 19.8 Å². The molecule has 0 saturated carbocycles. The average molecular weight is 253 g/mol. The fourth-order valence-electron chi connectivity index (χ4n) is 2.00. The van der Waals surface area contributed by atoms with E-state index in [-0.39, 0.29) is 17.9 Å². The van der Waals surface area contributed by atoms with Gasteiger partial charge in [-0.05, 0) is 26.7 Å². The predicted molar refractivity (Wildman–Crippen MR) is 70.0 cm³/mol. The monoisotopic (exact) mass is 253 g/mol. The number of hydrogen-bond acceptors (Lipinski definition) is 4. The third-order valence-corrected chi connectivity index (χ3v) is 3.44. The Hall–Kier alpha value is -1.36. The number of aromatic nitrogens is 1. The molecule has 1 aromatic rings. The Morgan fingerprint density at radius 1 is 1.44 bits per heavy atom. The molecule has 1 heterocycles. The van der Waals surface area contributed by atoms with Gasteiger partial charge < -0.3 is 15.6 Å². The van der Waals surface area contributed by atoms with E-state index < -0.39 is 6.04 Å². The molecule has 3 N–H and O–H groups in total. The van der Waals surface area contributed by atoms with Gasteiger partial charge in [0.05, 0.1) is 17.8 Å². The summed E-state index contributed by atoms with van der Waals surface area (Å²) >= 11 is 0. The molecule has 5 heteroatoms. The Morgan fingerprint density at radius 2 is 2.06 bits per heavy atom. The van der Waals surface area contributed by atoms with Gasteiger partial charge in [0.25, 0.3) is 0 Å². The number of aryl methyl sites for hydroxylation is 2. The highest BCUT2D eigenvalue weighted by molar-refractivity contribution is 5.82. The van der Waals surface area contributed by atoms with Crippen molar-refractivity contribution < 1.29 is 9.32 Å². The lowest BCUT2D eigenvalue weighted by atomic mass is 9.98. The number of nitrogens with one attached hydrogen (secondary N) is 1. The Balaban J connectivity index is 2.71. The normalized spacial score (nSPS) is 16.1. The van der Waals surface area contributed by atoms with Gasteiger partial charge in [-0.2, -0.15) is 0 Å². The van der Waals surface area contributed by atoms with Crippen LogP contribution < -0.4 is 11.1 Å². The van der Waals surface area contributed by atoms with Crippen molar-refractivity contribution in [2.24, 2.45) is 11.7 Å². The van der Waals surface area contributed by atoms with E-state index in [9.17, 15) is 4.79 Å². The fraction of sp³-hybridized carbons (Fsp3) is 0.692. The van der Waals surface area contributed by atoms with Gasteiger partial charge >= 0.3 is 0 Å². The molecule has 0 aliphatic rings. The van der Waals surface area contributed by atoms with E-state index in [1.54, 1.807) is 0 Å². The minimum atomic E-state index is -0.474. The van der Waals surface area contributed by atoms with Crippen LogP contribution in [0.5, 0.6) is 0 Å². The van der Waals surface area contributed by atoms with Crippen molar-refractivity contribution in [3.8, 4) is 0 Å². The molecule has 0 aliphatic carbocycles. The van der Waals surface area contributed by atoms with Crippen LogP contribution in [0.3, 0.4) is 0 Å². The summed E-state index contributed by atoms with van der Waals surface area (Å²) in [4.78, 5) is 12.0. The predicted octanol–water partition coefficient (Wildman–Crippen LogP) is 1.84. The Labute approximate surface area is 108 Å². The number of carbonyl (C=O) groups excluding carboxylic acids is 1. The van der Waals surface area contributed by atoms with Gasteiger partial charge in [0, 0.05) is 5.56 Å². The molecule has 1 rings (SSSR count). The maximum atomic E-state index is 12.0. The molecule has 1 amide bonds. The van der Waals surface area contributed by atoms with Crippen LogP contribution in [-0.2, 0) is 4.79 Å². The number of hydrogen-bond donors (Lipinski definition) is 2. The maximum Gasteiger partial charge on any atom is 0.237 e. The lowest BCUT2D eigenvalue weighted by Crippen LogP contribution is -2.45. The van der Waals surface area contributed by atoms with Crippen LogP contribution in [-0.4, -0.2) is 17.1 Å². The van der Waals surface area contributed by atoms with Crippen LogP contribution in [0.4, 0.5) is 0 Å². The zero-order valence-electron chi connectivity index (χ0n) is 11.8. The first-order valence-corrected chi connectivity index (χ1v) is 6.37. The fourth-order valence-corrected chi connectivity index (χ4v) is 2.00. The summed E-state index contributed by atoms with van der Waals surface area (Å²) < 4.78 is 5.09. The average Bonchev–Trinajstić information content (AvgIpc) is 2.66. The Kier molecular flexibility index (Phi) is 4.90. The summed E-state index contributed by atoms with van der Waals surface area (Å²) in [6.07, 6.45) is 0.883. The van der Waals surface area contributed by atoms with Crippen molar-refractivity contribution in [3.05, 3.63) is 17.0 Å². The zero-order chi connectivity index (χ0) is 13.9. The van der Waals surface area contributed by atoms with Gasteiger partial charge in [-0.25, -0.2) is 0 Å². The number of carbonyl (C=O) groups is 1. The van der Waals surface area contributed by atoms with Gasteiger partial charge in [0.15, 0.2) is 0 Å². The Morgan fingerprint density at radius 3 is 2.50 bits per heavy atom.